The molecular weight excluding hydrogens is 270 g/mol. The van der Waals surface area contributed by atoms with Crippen molar-refractivity contribution in [2.75, 3.05) is 19.6 Å². The van der Waals surface area contributed by atoms with Crippen molar-refractivity contribution in [3.63, 3.8) is 0 Å². The van der Waals surface area contributed by atoms with Crippen LogP contribution in [0.15, 0.2) is 24.4 Å². The van der Waals surface area contributed by atoms with Crippen molar-refractivity contribution < 1.29 is 14.7 Å². The zero-order valence-electron chi connectivity index (χ0n) is 12.2. The molecule has 2 rings (SSSR count). The molecule has 1 aliphatic heterocycles. The van der Waals surface area contributed by atoms with Gasteiger partial charge in [-0.1, -0.05) is 6.07 Å². The Kier molecular flexibility index (Phi) is 4.77. The number of nitrogens with one attached hydrogen (secondary N) is 1. The van der Waals surface area contributed by atoms with Gasteiger partial charge in [-0.15, -0.1) is 0 Å². The van der Waals surface area contributed by atoms with Crippen LogP contribution in [0.5, 0.6) is 0 Å². The molecule has 1 saturated heterocycles. The van der Waals surface area contributed by atoms with Gasteiger partial charge in [0.05, 0.1) is 5.41 Å². The molecule has 2 heterocycles. The summed E-state index contributed by atoms with van der Waals surface area (Å²) in [5, 5.41) is 12.0. The van der Waals surface area contributed by atoms with Gasteiger partial charge in [0, 0.05) is 31.5 Å². The Morgan fingerprint density at radius 2 is 2.29 bits per heavy atom. The van der Waals surface area contributed by atoms with E-state index in [-0.39, 0.29) is 12.6 Å². The monoisotopic (exact) mass is 291 g/mol. The SMILES string of the molecule is CC1(C(=O)O)CCN(C(=O)NCCCc2ccccn2)C1. The number of nitrogens with zero attached hydrogens (tertiary/aromatic N) is 2. The minimum Gasteiger partial charge on any atom is -0.481 e. The maximum atomic E-state index is 12.0. The number of aromatic nitrogens is 1. The first-order valence-electron chi connectivity index (χ1n) is 7.17. The normalized spacial score (nSPS) is 21.3. The molecule has 0 spiro atoms. The van der Waals surface area contributed by atoms with Gasteiger partial charge in [0.1, 0.15) is 0 Å². The molecule has 1 unspecified atom stereocenters. The summed E-state index contributed by atoms with van der Waals surface area (Å²) in [6, 6.07) is 5.59. The summed E-state index contributed by atoms with van der Waals surface area (Å²) in [4.78, 5) is 28.9. The third-order valence-electron chi connectivity index (χ3n) is 3.89. The molecule has 0 aliphatic carbocycles. The largest absolute Gasteiger partial charge is 0.481 e. The molecule has 0 bridgehead atoms. The number of carbonyl (C=O) groups is 2. The Morgan fingerprint density at radius 3 is 2.90 bits per heavy atom. The van der Waals surface area contributed by atoms with Crippen LogP contribution in [0.4, 0.5) is 4.79 Å². The molecule has 1 fully saturated rings. The fourth-order valence-electron chi connectivity index (χ4n) is 2.43. The molecule has 114 valence electrons. The number of hydrogen-bond donors (Lipinski definition) is 2. The van der Waals surface area contributed by atoms with Gasteiger partial charge in [-0.25, -0.2) is 4.79 Å². The van der Waals surface area contributed by atoms with Crippen molar-refractivity contribution in [2.45, 2.75) is 26.2 Å². The van der Waals surface area contributed by atoms with Crippen molar-refractivity contribution >= 4 is 12.0 Å². The van der Waals surface area contributed by atoms with Gasteiger partial charge >= 0.3 is 12.0 Å². The predicted octanol–water partition coefficient (Wildman–Crippen LogP) is 1.52. The topological polar surface area (TPSA) is 82.5 Å². The number of carbonyl (C=O) groups excluding carboxylic acids is 1. The van der Waals surface area contributed by atoms with Gasteiger partial charge in [0.2, 0.25) is 0 Å². The van der Waals surface area contributed by atoms with E-state index in [0.29, 0.717) is 19.5 Å². The van der Waals surface area contributed by atoms with Crippen molar-refractivity contribution in [3.05, 3.63) is 30.1 Å². The van der Waals surface area contributed by atoms with Gasteiger partial charge < -0.3 is 15.3 Å². The number of hydrogen-bond acceptors (Lipinski definition) is 3. The van der Waals surface area contributed by atoms with E-state index >= 15 is 0 Å². The minimum atomic E-state index is -0.840. The minimum absolute atomic E-state index is 0.180. The molecule has 2 amide bonds. The Bertz CT molecular complexity index is 506. The Labute approximate surface area is 124 Å². The van der Waals surface area contributed by atoms with E-state index in [1.54, 1.807) is 18.0 Å². The fraction of sp³-hybridized carbons (Fsp3) is 0.533. The first-order chi connectivity index (χ1) is 10.0. The highest BCUT2D eigenvalue weighted by Crippen LogP contribution is 2.29. The van der Waals surface area contributed by atoms with Crippen LogP contribution < -0.4 is 5.32 Å². The second-order valence-corrected chi connectivity index (χ2v) is 5.69. The lowest BCUT2D eigenvalue weighted by Gasteiger charge is -2.20. The van der Waals surface area contributed by atoms with E-state index in [0.717, 1.165) is 18.5 Å². The molecule has 0 aromatic carbocycles. The van der Waals surface area contributed by atoms with Gasteiger partial charge in [-0.05, 0) is 38.3 Å². The number of amides is 2. The Morgan fingerprint density at radius 1 is 1.48 bits per heavy atom. The van der Waals surface area contributed by atoms with E-state index in [1.165, 1.54) is 0 Å². The molecule has 0 radical (unpaired) electrons. The zero-order valence-corrected chi connectivity index (χ0v) is 12.2. The summed E-state index contributed by atoms with van der Waals surface area (Å²) in [6.07, 6.45) is 3.88. The summed E-state index contributed by atoms with van der Waals surface area (Å²) >= 11 is 0. The van der Waals surface area contributed by atoms with Gasteiger partial charge in [0.25, 0.3) is 0 Å². The van der Waals surface area contributed by atoms with Crippen molar-refractivity contribution in [1.29, 1.82) is 0 Å². The fourth-order valence-corrected chi connectivity index (χ4v) is 2.43. The van der Waals surface area contributed by atoms with Crippen LogP contribution in [0.25, 0.3) is 0 Å². The van der Waals surface area contributed by atoms with E-state index in [1.807, 2.05) is 18.2 Å². The summed E-state index contributed by atoms with van der Waals surface area (Å²) < 4.78 is 0. The van der Waals surface area contributed by atoms with Crippen molar-refractivity contribution in [3.8, 4) is 0 Å². The molecule has 2 N–H and O–H groups in total. The van der Waals surface area contributed by atoms with E-state index in [9.17, 15) is 9.59 Å². The summed E-state index contributed by atoms with van der Waals surface area (Å²) in [7, 11) is 0. The van der Waals surface area contributed by atoms with Crippen molar-refractivity contribution in [1.82, 2.24) is 15.2 Å². The number of carboxylic acids is 1. The van der Waals surface area contributed by atoms with Crippen LogP contribution in [-0.2, 0) is 11.2 Å². The molecule has 1 atom stereocenters. The van der Waals surface area contributed by atoms with Crippen LogP contribution in [-0.4, -0.2) is 46.6 Å². The van der Waals surface area contributed by atoms with Crippen LogP contribution in [0.2, 0.25) is 0 Å². The maximum Gasteiger partial charge on any atom is 0.317 e. The highest BCUT2D eigenvalue weighted by Gasteiger charge is 2.42. The smallest absolute Gasteiger partial charge is 0.317 e. The van der Waals surface area contributed by atoms with Crippen LogP contribution in [0, 0.1) is 5.41 Å². The van der Waals surface area contributed by atoms with Crippen LogP contribution in [0.1, 0.15) is 25.5 Å². The zero-order chi connectivity index (χ0) is 15.3. The molecular formula is C15H21N3O3. The Hall–Kier alpha value is -2.11. The lowest BCUT2D eigenvalue weighted by molar-refractivity contribution is -0.146. The second kappa shape index (κ2) is 6.56. The van der Waals surface area contributed by atoms with Gasteiger partial charge in [-0.2, -0.15) is 0 Å². The first kappa shape index (κ1) is 15.3. The number of likely N-dealkylation sites (tertiary alicyclic amines) is 1. The molecule has 6 nitrogen and oxygen atoms in total. The van der Waals surface area contributed by atoms with Crippen molar-refractivity contribution in [2.24, 2.45) is 5.41 Å². The van der Waals surface area contributed by atoms with E-state index < -0.39 is 11.4 Å². The second-order valence-electron chi connectivity index (χ2n) is 5.69. The molecule has 6 heteroatoms. The standard InChI is InChI=1S/C15H21N3O3/c1-15(13(19)20)7-10-18(11-15)14(21)17-9-4-6-12-5-2-3-8-16-12/h2-3,5,8H,4,6-7,9-11H2,1H3,(H,17,21)(H,19,20). The molecule has 1 aliphatic rings. The summed E-state index contributed by atoms with van der Waals surface area (Å²) in [6.45, 7) is 3.02. The highest BCUT2D eigenvalue weighted by molar-refractivity contribution is 5.79. The number of carboxylic acid groups (broad SMARTS) is 1. The Balaban J connectivity index is 1.70. The molecule has 21 heavy (non-hydrogen) atoms. The average molecular weight is 291 g/mol. The van der Waals surface area contributed by atoms with E-state index in [2.05, 4.69) is 10.3 Å². The number of aryl methyl sites for hydroxylation is 1. The van der Waals surface area contributed by atoms with Crippen LogP contribution in [0.3, 0.4) is 0 Å². The molecule has 1 aromatic rings. The van der Waals surface area contributed by atoms with Crippen LogP contribution >= 0.6 is 0 Å². The number of pyridine rings is 1. The van der Waals surface area contributed by atoms with Gasteiger partial charge in [0.15, 0.2) is 0 Å². The number of rotatable bonds is 5. The molecule has 0 saturated carbocycles. The first-order valence-corrected chi connectivity index (χ1v) is 7.17. The maximum absolute atomic E-state index is 12.0. The third-order valence-corrected chi connectivity index (χ3v) is 3.89. The number of urea groups is 1. The summed E-state index contributed by atoms with van der Waals surface area (Å²) in [5.41, 5.74) is 0.192. The lowest BCUT2D eigenvalue weighted by Crippen LogP contribution is -2.41. The molecule has 1 aromatic heterocycles. The summed E-state index contributed by atoms with van der Waals surface area (Å²) in [5.74, 6) is -0.840. The predicted molar refractivity (Wildman–Crippen MR) is 77.9 cm³/mol. The highest BCUT2D eigenvalue weighted by atomic mass is 16.4. The van der Waals surface area contributed by atoms with E-state index in [4.69, 9.17) is 5.11 Å². The van der Waals surface area contributed by atoms with Gasteiger partial charge in [-0.3, -0.25) is 9.78 Å². The number of aliphatic carboxylic acids is 1. The lowest BCUT2D eigenvalue weighted by atomic mass is 9.90. The quantitative estimate of drug-likeness (QED) is 0.806. The third kappa shape index (κ3) is 3.93. The average Bonchev–Trinajstić information content (AvgIpc) is 2.89.